The first kappa shape index (κ1) is 13.6. The van der Waals surface area contributed by atoms with Crippen molar-refractivity contribution in [3.63, 3.8) is 0 Å². The fraction of sp³-hybridized carbons (Fsp3) is 0.222. The van der Waals surface area contributed by atoms with Crippen LogP contribution < -0.4 is 4.74 Å². The summed E-state index contributed by atoms with van der Waals surface area (Å²) < 4.78 is 5.36. The van der Waals surface area contributed by atoms with Crippen molar-refractivity contribution < 1.29 is 14.3 Å². The molecule has 0 radical (unpaired) electrons. The van der Waals surface area contributed by atoms with E-state index in [0.717, 1.165) is 12.0 Å². The van der Waals surface area contributed by atoms with E-state index in [1.54, 1.807) is 30.3 Å². The van der Waals surface area contributed by atoms with Gasteiger partial charge in [-0.05, 0) is 18.1 Å². The fourth-order valence-electron chi connectivity index (χ4n) is 2.92. The van der Waals surface area contributed by atoms with Crippen molar-refractivity contribution in [2.24, 2.45) is 5.92 Å². The predicted molar refractivity (Wildman–Crippen MR) is 79.4 cm³/mol. The maximum Gasteiger partial charge on any atom is 0.322 e. The van der Waals surface area contributed by atoms with E-state index < -0.39 is 11.9 Å². The number of ketones is 1. The average molecular weight is 280 g/mol. The van der Waals surface area contributed by atoms with Crippen LogP contribution in [-0.2, 0) is 4.79 Å². The van der Waals surface area contributed by atoms with Crippen molar-refractivity contribution in [1.29, 1.82) is 0 Å². The van der Waals surface area contributed by atoms with E-state index in [1.165, 1.54) is 0 Å². The van der Waals surface area contributed by atoms with Crippen molar-refractivity contribution in [1.82, 2.24) is 0 Å². The van der Waals surface area contributed by atoms with Gasteiger partial charge in [0.2, 0.25) is 0 Å². The van der Waals surface area contributed by atoms with E-state index in [1.807, 2.05) is 31.2 Å². The molecule has 0 spiro atoms. The molecular formula is C18H16O3. The number of rotatable bonds is 3. The molecule has 21 heavy (non-hydrogen) atoms. The van der Waals surface area contributed by atoms with Gasteiger partial charge in [0.05, 0.1) is 0 Å². The van der Waals surface area contributed by atoms with Crippen molar-refractivity contribution in [3.05, 3.63) is 65.7 Å². The lowest BCUT2D eigenvalue weighted by atomic mass is 9.78. The van der Waals surface area contributed by atoms with Gasteiger partial charge in [-0.3, -0.25) is 9.59 Å². The maximum absolute atomic E-state index is 12.7. The fourth-order valence-corrected chi connectivity index (χ4v) is 2.92. The minimum atomic E-state index is -0.757. The van der Waals surface area contributed by atoms with E-state index in [2.05, 4.69) is 0 Å². The monoisotopic (exact) mass is 280 g/mol. The number of ether oxygens (including phenoxy) is 1. The number of hydrogen-bond donors (Lipinski definition) is 0. The molecule has 3 rings (SSSR count). The molecule has 0 aromatic heterocycles. The Bertz CT molecular complexity index is 676. The van der Waals surface area contributed by atoms with Gasteiger partial charge in [-0.2, -0.15) is 0 Å². The van der Waals surface area contributed by atoms with Crippen LogP contribution in [0.15, 0.2) is 54.6 Å². The van der Waals surface area contributed by atoms with Crippen LogP contribution in [0, 0.1) is 5.92 Å². The maximum atomic E-state index is 12.7. The van der Waals surface area contributed by atoms with E-state index in [0.29, 0.717) is 11.3 Å². The molecular weight excluding hydrogens is 264 g/mol. The molecule has 0 fully saturated rings. The number of benzene rings is 2. The Labute approximate surface area is 123 Å². The van der Waals surface area contributed by atoms with E-state index in [4.69, 9.17) is 4.74 Å². The number of fused-ring (bicyclic) bond motifs is 1. The van der Waals surface area contributed by atoms with Crippen molar-refractivity contribution >= 4 is 11.8 Å². The van der Waals surface area contributed by atoms with Crippen LogP contribution in [-0.4, -0.2) is 11.8 Å². The molecule has 0 N–H and O–H groups in total. The summed E-state index contributed by atoms with van der Waals surface area (Å²) in [6.07, 6.45) is 0.718. The van der Waals surface area contributed by atoms with Crippen LogP contribution in [0.5, 0.6) is 5.75 Å². The van der Waals surface area contributed by atoms with Gasteiger partial charge in [-0.15, -0.1) is 0 Å². The van der Waals surface area contributed by atoms with Gasteiger partial charge in [-0.1, -0.05) is 55.5 Å². The molecule has 0 saturated heterocycles. The summed E-state index contributed by atoms with van der Waals surface area (Å²) in [5.41, 5.74) is 1.49. The predicted octanol–water partition coefficient (Wildman–Crippen LogP) is 3.60. The zero-order valence-corrected chi connectivity index (χ0v) is 11.8. The topological polar surface area (TPSA) is 43.4 Å². The first-order chi connectivity index (χ1) is 10.2. The Kier molecular flexibility index (Phi) is 3.57. The molecule has 0 aliphatic carbocycles. The minimum absolute atomic E-state index is 0.129. The van der Waals surface area contributed by atoms with Crippen LogP contribution in [0.3, 0.4) is 0 Å². The Morgan fingerprint density at radius 1 is 1.05 bits per heavy atom. The number of carbonyl (C=O) groups excluding carboxylic acids is 2. The highest BCUT2D eigenvalue weighted by Crippen LogP contribution is 2.40. The Hall–Kier alpha value is -2.42. The molecule has 0 bridgehead atoms. The van der Waals surface area contributed by atoms with Gasteiger partial charge < -0.3 is 4.74 Å². The second kappa shape index (κ2) is 5.52. The molecule has 1 aliphatic rings. The zero-order valence-electron chi connectivity index (χ0n) is 11.8. The molecule has 0 saturated carbocycles. The van der Waals surface area contributed by atoms with Gasteiger partial charge in [0, 0.05) is 11.5 Å². The lowest BCUT2D eigenvalue weighted by Crippen LogP contribution is -2.37. The van der Waals surface area contributed by atoms with Crippen LogP contribution in [0.2, 0.25) is 0 Å². The Morgan fingerprint density at radius 2 is 1.71 bits per heavy atom. The summed E-state index contributed by atoms with van der Waals surface area (Å²) >= 11 is 0. The highest BCUT2D eigenvalue weighted by molar-refractivity contribution is 6.10. The third-order valence-corrected chi connectivity index (χ3v) is 3.97. The highest BCUT2D eigenvalue weighted by Gasteiger charge is 2.41. The summed E-state index contributed by atoms with van der Waals surface area (Å²) in [5.74, 6) is -0.926. The third-order valence-electron chi connectivity index (χ3n) is 3.97. The van der Waals surface area contributed by atoms with Crippen molar-refractivity contribution in [2.75, 3.05) is 0 Å². The summed E-state index contributed by atoms with van der Waals surface area (Å²) in [4.78, 5) is 25.0. The van der Waals surface area contributed by atoms with E-state index in [9.17, 15) is 9.59 Å². The number of carbonyl (C=O) groups is 2. The second-order valence-corrected chi connectivity index (χ2v) is 5.18. The molecule has 3 nitrogen and oxygen atoms in total. The smallest absolute Gasteiger partial charge is 0.322 e. The molecule has 1 heterocycles. The second-order valence-electron chi connectivity index (χ2n) is 5.18. The van der Waals surface area contributed by atoms with Crippen LogP contribution in [0.1, 0.15) is 35.2 Å². The SMILES string of the molecule is CC[C@H]1c2ccccc2OC(=O)[C@@H]1C(=O)c1ccccc1. The van der Waals surface area contributed by atoms with Gasteiger partial charge in [0.15, 0.2) is 5.78 Å². The van der Waals surface area contributed by atoms with E-state index >= 15 is 0 Å². The normalized spacial score (nSPS) is 20.5. The molecule has 2 aromatic rings. The Balaban J connectivity index is 2.02. The standard InChI is InChI=1S/C18H16O3/c1-2-13-14-10-6-7-11-15(14)21-18(20)16(13)17(19)12-8-4-3-5-9-12/h3-11,13,16H,2H2,1H3/t13-,16-/m0/s1. The van der Waals surface area contributed by atoms with Gasteiger partial charge in [-0.25, -0.2) is 0 Å². The summed E-state index contributed by atoms with van der Waals surface area (Å²) in [7, 11) is 0. The number of para-hydroxylation sites is 1. The molecule has 2 atom stereocenters. The molecule has 0 amide bonds. The lowest BCUT2D eigenvalue weighted by Gasteiger charge is -2.30. The minimum Gasteiger partial charge on any atom is -0.426 e. The van der Waals surface area contributed by atoms with Gasteiger partial charge >= 0.3 is 5.97 Å². The number of Topliss-reactive ketones (excluding diaryl/α,β-unsaturated/α-hetero) is 1. The van der Waals surface area contributed by atoms with Gasteiger partial charge in [0.25, 0.3) is 0 Å². The van der Waals surface area contributed by atoms with Crippen LogP contribution in [0.25, 0.3) is 0 Å². The lowest BCUT2D eigenvalue weighted by molar-refractivity contribution is -0.139. The van der Waals surface area contributed by atoms with Crippen LogP contribution in [0.4, 0.5) is 0 Å². The molecule has 106 valence electrons. The van der Waals surface area contributed by atoms with Gasteiger partial charge in [0.1, 0.15) is 11.7 Å². The summed E-state index contributed by atoms with van der Waals surface area (Å²) in [6, 6.07) is 16.4. The zero-order chi connectivity index (χ0) is 14.8. The summed E-state index contributed by atoms with van der Waals surface area (Å²) in [6.45, 7) is 1.99. The highest BCUT2D eigenvalue weighted by atomic mass is 16.5. The average Bonchev–Trinajstić information content (AvgIpc) is 2.53. The summed E-state index contributed by atoms with van der Waals surface area (Å²) in [5, 5.41) is 0. The first-order valence-electron chi connectivity index (χ1n) is 7.12. The van der Waals surface area contributed by atoms with E-state index in [-0.39, 0.29) is 11.7 Å². The first-order valence-corrected chi connectivity index (χ1v) is 7.12. The van der Waals surface area contributed by atoms with Crippen LogP contribution >= 0.6 is 0 Å². The third kappa shape index (κ3) is 2.35. The van der Waals surface area contributed by atoms with Crippen molar-refractivity contribution in [2.45, 2.75) is 19.3 Å². The quantitative estimate of drug-likeness (QED) is 0.373. The van der Waals surface area contributed by atoms with Crippen molar-refractivity contribution in [3.8, 4) is 5.75 Å². The molecule has 1 aliphatic heterocycles. The molecule has 2 aromatic carbocycles. The number of hydrogen-bond acceptors (Lipinski definition) is 3. The molecule has 0 unspecified atom stereocenters. The Morgan fingerprint density at radius 3 is 2.43 bits per heavy atom. The molecule has 3 heteroatoms. The number of esters is 1. The largest absolute Gasteiger partial charge is 0.426 e.